The van der Waals surface area contributed by atoms with E-state index in [2.05, 4.69) is 16.9 Å². The minimum absolute atomic E-state index is 0.0124. The van der Waals surface area contributed by atoms with Gasteiger partial charge in [-0.2, -0.15) is 0 Å². The number of carbonyl (C=O) groups is 2. The van der Waals surface area contributed by atoms with Crippen LogP contribution < -0.4 is 4.74 Å². The predicted molar refractivity (Wildman–Crippen MR) is 93.2 cm³/mol. The van der Waals surface area contributed by atoms with Gasteiger partial charge in [-0.25, -0.2) is 0 Å². The van der Waals surface area contributed by atoms with Crippen LogP contribution in [0.4, 0.5) is 0 Å². The smallest absolute Gasteiger partial charge is 0.309 e. The molecule has 0 saturated carbocycles. The van der Waals surface area contributed by atoms with Gasteiger partial charge in [0, 0.05) is 13.1 Å². The zero-order valence-electron chi connectivity index (χ0n) is 14.2. The number of esters is 1. The van der Waals surface area contributed by atoms with Crippen molar-refractivity contribution in [3.05, 3.63) is 65.2 Å². The first-order chi connectivity index (χ1) is 12.2. The summed E-state index contributed by atoms with van der Waals surface area (Å²) in [6, 6.07) is 15.3. The lowest BCUT2D eigenvalue weighted by atomic mass is 10.00. The molecule has 130 valence electrons. The summed E-state index contributed by atoms with van der Waals surface area (Å²) in [4.78, 5) is 25.4. The van der Waals surface area contributed by atoms with E-state index in [1.165, 1.54) is 18.2 Å². The number of carbonyl (C=O) groups excluding carboxylic acids is 2. The molecule has 0 fully saturated rings. The van der Waals surface area contributed by atoms with Crippen molar-refractivity contribution in [1.82, 2.24) is 4.90 Å². The third-order valence-corrected chi connectivity index (χ3v) is 4.35. The molecule has 1 heterocycles. The van der Waals surface area contributed by atoms with E-state index in [4.69, 9.17) is 4.74 Å². The maximum absolute atomic E-state index is 12.4. The summed E-state index contributed by atoms with van der Waals surface area (Å²) in [7, 11) is 1.37. The zero-order chi connectivity index (χ0) is 17.6. The van der Waals surface area contributed by atoms with Gasteiger partial charge in [0.2, 0.25) is 0 Å². The maximum atomic E-state index is 12.4. The van der Waals surface area contributed by atoms with Crippen LogP contribution in [0.5, 0.6) is 5.75 Å². The van der Waals surface area contributed by atoms with E-state index in [9.17, 15) is 9.59 Å². The normalized spacial score (nSPS) is 13.1. The van der Waals surface area contributed by atoms with Crippen LogP contribution in [-0.2, 0) is 33.7 Å². The Morgan fingerprint density at radius 3 is 2.48 bits per heavy atom. The monoisotopic (exact) mass is 339 g/mol. The molecule has 1 amide bonds. The largest absolute Gasteiger partial charge is 0.484 e. The number of methoxy groups -OCH3 is 1. The Morgan fingerprint density at radius 1 is 1.04 bits per heavy atom. The Labute approximate surface area is 147 Å². The fraction of sp³-hybridized carbons (Fsp3) is 0.300. The Kier molecular flexibility index (Phi) is 5.33. The highest BCUT2D eigenvalue weighted by Crippen LogP contribution is 2.19. The molecule has 0 bridgehead atoms. The van der Waals surface area contributed by atoms with Gasteiger partial charge in [-0.1, -0.05) is 36.4 Å². The highest BCUT2D eigenvalue weighted by atomic mass is 16.5. The molecule has 0 saturated heterocycles. The molecule has 0 spiro atoms. The van der Waals surface area contributed by atoms with Gasteiger partial charge >= 0.3 is 5.97 Å². The molecule has 2 aromatic rings. The lowest BCUT2D eigenvalue weighted by Gasteiger charge is -2.28. The fourth-order valence-corrected chi connectivity index (χ4v) is 2.89. The van der Waals surface area contributed by atoms with Gasteiger partial charge in [0.15, 0.2) is 6.61 Å². The lowest BCUT2D eigenvalue weighted by Crippen LogP contribution is -2.38. The summed E-state index contributed by atoms with van der Waals surface area (Å²) in [5.74, 6) is 0.307. The van der Waals surface area contributed by atoms with Gasteiger partial charge in [0.05, 0.1) is 13.5 Å². The SMILES string of the molecule is COC(=O)Cc1ccc(OCC(=O)N2CCc3ccccc3C2)cc1. The van der Waals surface area contributed by atoms with Crippen molar-refractivity contribution in [2.24, 2.45) is 0 Å². The highest BCUT2D eigenvalue weighted by molar-refractivity contribution is 5.78. The van der Waals surface area contributed by atoms with Crippen LogP contribution in [0.2, 0.25) is 0 Å². The molecule has 3 rings (SSSR count). The number of nitrogens with zero attached hydrogens (tertiary/aromatic N) is 1. The quantitative estimate of drug-likeness (QED) is 0.785. The van der Waals surface area contributed by atoms with Crippen LogP contribution in [0.25, 0.3) is 0 Å². The van der Waals surface area contributed by atoms with Gasteiger partial charge in [-0.15, -0.1) is 0 Å². The molecule has 5 heteroatoms. The molecular formula is C20H21NO4. The van der Waals surface area contributed by atoms with Crippen molar-refractivity contribution in [2.75, 3.05) is 20.3 Å². The van der Waals surface area contributed by atoms with E-state index in [1.54, 1.807) is 24.3 Å². The fourth-order valence-electron chi connectivity index (χ4n) is 2.89. The first-order valence-corrected chi connectivity index (χ1v) is 8.29. The average Bonchev–Trinajstić information content (AvgIpc) is 2.66. The van der Waals surface area contributed by atoms with Crippen LogP contribution in [-0.4, -0.2) is 37.0 Å². The summed E-state index contributed by atoms with van der Waals surface area (Å²) in [6.45, 7) is 1.37. The third-order valence-electron chi connectivity index (χ3n) is 4.35. The van der Waals surface area contributed by atoms with Crippen LogP contribution in [0.3, 0.4) is 0 Å². The van der Waals surface area contributed by atoms with Crippen LogP contribution in [0, 0.1) is 0 Å². The number of amides is 1. The number of ether oxygens (including phenoxy) is 2. The van der Waals surface area contributed by atoms with Crippen LogP contribution in [0.1, 0.15) is 16.7 Å². The average molecular weight is 339 g/mol. The van der Waals surface area contributed by atoms with E-state index >= 15 is 0 Å². The molecule has 2 aromatic carbocycles. The van der Waals surface area contributed by atoms with Crippen molar-refractivity contribution in [1.29, 1.82) is 0 Å². The van der Waals surface area contributed by atoms with Gasteiger partial charge in [-0.3, -0.25) is 9.59 Å². The Bertz CT molecular complexity index is 755. The molecule has 1 aliphatic heterocycles. The minimum atomic E-state index is -0.283. The maximum Gasteiger partial charge on any atom is 0.309 e. The topological polar surface area (TPSA) is 55.8 Å². The molecule has 0 atom stereocenters. The molecule has 1 aliphatic rings. The highest BCUT2D eigenvalue weighted by Gasteiger charge is 2.20. The number of benzene rings is 2. The van der Waals surface area contributed by atoms with Gasteiger partial charge in [-0.05, 0) is 35.2 Å². The molecule has 5 nitrogen and oxygen atoms in total. The summed E-state index contributed by atoms with van der Waals surface area (Å²) in [5, 5.41) is 0. The second-order valence-corrected chi connectivity index (χ2v) is 6.02. The molecule has 25 heavy (non-hydrogen) atoms. The first-order valence-electron chi connectivity index (χ1n) is 8.29. The van der Waals surface area contributed by atoms with Crippen molar-refractivity contribution < 1.29 is 19.1 Å². The molecule has 0 aliphatic carbocycles. The summed E-state index contributed by atoms with van der Waals surface area (Å²) >= 11 is 0. The molecular weight excluding hydrogens is 318 g/mol. The first kappa shape index (κ1) is 17.0. The standard InChI is InChI=1S/C20H21NO4/c1-24-20(23)12-15-6-8-18(9-7-15)25-14-19(22)21-11-10-16-4-2-3-5-17(16)13-21/h2-9H,10-14H2,1H3. The predicted octanol–water partition coefficient (Wildman–Crippen LogP) is 2.37. The van der Waals surface area contributed by atoms with E-state index in [-0.39, 0.29) is 24.9 Å². The van der Waals surface area contributed by atoms with Crippen molar-refractivity contribution in [3.63, 3.8) is 0 Å². The van der Waals surface area contributed by atoms with Crippen LogP contribution >= 0.6 is 0 Å². The van der Waals surface area contributed by atoms with Crippen LogP contribution in [0.15, 0.2) is 48.5 Å². The summed E-state index contributed by atoms with van der Waals surface area (Å²) < 4.78 is 10.2. The number of hydrogen-bond donors (Lipinski definition) is 0. The van der Waals surface area contributed by atoms with Gasteiger partial charge in [0.25, 0.3) is 5.91 Å². The van der Waals surface area contributed by atoms with Crippen molar-refractivity contribution >= 4 is 11.9 Å². The summed E-state index contributed by atoms with van der Waals surface area (Å²) in [6.07, 6.45) is 1.10. The Balaban J connectivity index is 1.52. The number of rotatable bonds is 5. The second-order valence-electron chi connectivity index (χ2n) is 6.02. The molecule has 0 radical (unpaired) electrons. The van der Waals surface area contributed by atoms with E-state index < -0.39 is 0 Å². The van der Waals surface area contributed by atoms with E-state index in [0.717, 1.165) is 18.5 Å². The summed E-state index contributed by atoms with van der Waals surface area (Å²) in [5.41, 5.74) is 3.36. The number of fused-ring (bicyclic) bond motifs is 1. The zero-order valence-corrected chi connectivity index (χ0v) is 14.2. The Morgan fingerprint density at radius 2 is 1.76 bits per heavy atom. The minimum Gasteiger partial charge on any atom is -0.484 e. The third kappa shape index (κ3) is 4.38. The van der Waals surface area contributed by atoms with E-state index in [0.29, 0.717) is 12.3 Å². The van der Waals surface area contributed by atoms with Gasteiger partial charge < -0.3 is 14.4 Å². The van der Waals surface area contributed by atoms with Crippen molar-refractivity contribution in [2.45, 2.75) is 19.4 Å². The second kappa shape index (κ2) is 7.83. The lowest BCUT2D eigenvalue weighted by molar-refractivity contribution is -0.139. The van der Waals surface area contributed by atoms with E-state index in [1.807, 2.05) is 17.0 Å². The molecule has 0 N–H and O–H groups in total. The number of hydrogen-bond acceptors (Lipinski definition) is 4. The molecule has 0 aromatic heterocycles. The Hall–Kier alpha value is -2.82. The van der Waals surface area contributed by atoms with Crippen molar-refractivity contribution in [3.8, 4) is 5.75 Å². The molecule has 0 unspecified atom stereocenters. The van der Waals surface area contributed by atoms with Gasteiger partial charge in [0.1, 0.15) is 5.75 Å².